The molecule has 19 heavy (non-hydrogen) atoms. The molecular formula is C15H12BrCl2N. The van der Waals surface area contributed by atoms with Gasteiger partial charge in [0.15, 0.2) is 0 Å². The third kappa shape index (κ3) is 4.00. The van der Waals surface area contributed by atoms with Crippen LogP contribution in [0.5, 0.6) is 0 Å². The number of hydrogen-bond donors (Lipinski definition) is 1. The zero-order valence-corrected chi connectivity index (χ0v) is 13.1. The van der Waals surface area contributed by atoms with Gasteiger partial charge in [-0.2, -0.15) is 0 Å². The zero-order valence-electron chi connectivity index (χ0n) is 10.0. The smallest absolute Gasteiger partial charge is 0.0835 e. The van der Waals surface area contributed by atoms with Gasteiger partial charge in [0.05, 0.1) is 15.7 Å². The SMILES string of the molecule is Clc1c(Br)ccc(NC/C=C/c2ccccc2)c1Cl. The van der Waals surface area contributed by atoms with E-state index in [-0.39, 0.29) is 0 Å². The van der Waals surface area contributed by atoms with Gasteiger partial charge in [-0.3, -0.25) is 0 Å². The zero-order chi connectivity index (χ0) is 13.7. The van der Waals surface area contributed by atoms with Crippen molar-refractivity contribution >= 4 is 50.9 Å². The number of halogens is 3. The first-order valence-corrected chi connectivity index (χ1v) is 7.32. The topological polar surface area (TPSA) is 12.0 Å². The fourth-order valence-corrected chi connectivity index (χ4v) is 2.43. The summed E-state index contributed by atoms with van der Waals surface area (Å²) in [6, 6.07) is 13.9. The van der Waals surface area contributed by atoms with E-state index in [1.54, 1.807) is 0 Å². The fourth-order valence-electron chi connectivity index (χ4n) is 1.59. The van der Waals surface area contributed by atoms with E-state index < -0.39 is 0 Å². The Balaban J connectivity index is 1.97. The van der Waals surface area contributed by atoms with E-state index in [1.165, 1.54) is 5.56 Å². The van der Waals surface area contributed by atoms with Crippen LogP contribution in [0.3, 0.4) is 0 Å². The van der Waals surface area contributed by atoms with Gasteiger partial charge in [0.1, 0.15) is 0 Å². The molecule has 4 heteroatoms. The minimum atomic E-state index is 0.527. The summed E-state index contributed by atoms with van der Waals surface area (Å²) in [5.41, 5.74) is 2.00. The van der Waals surface area contributed by atoms with E-state index in [0.29, 0.717) is 16.6 Å². The number of rotatable bonds is 4. The van der Waals surface area contributed by atoms with Crippen LogP contribution in [0.25, 0.3) is 6.08 Å². The van der Waals surface area contributed by atoms with E-state index in [9.17, 15) is 0 Å². The normalized spacial score (nSPS) is 10.9. The maximum Gasteiger partial charge on any atom is 0.0835 e. The Morgan fingerprint density at radius 3 is 2.47 bits per heavy atom. The van der Waals surface area contributed by atoms with Crippen molar-refractivity contribution in [2.24, 2.45) is 0 Å². The Morgan fingerprint density at radius 1 is 1.00 bits per heavy atom. The summed E-state index contributed by atoms with van der Waals surface area (Å²) >= 11 is 15.5. The molecule has 2 aromatic carbocycles. The van der Waals surface area contributed by atoms with Gasteiger partial charge in [-0.15, -0.1) is 0 Å². The molecule has 0 unspecified atom stereocenters. The molecule has 2 aromatic rings. The van der Waals surface area contributed by atoms with Gasteiger partial charge < -0.3 is 5.32 Å². The summed E-state index contributed by atoms with van der Waals surface area (Å²) < 4.78 is 0.796. The summed E-state index contributed by atoms with van der Waals surface area (Å²) in [5, 5.41) is 4.29. The molecule has 0 aliphatic heterocycles. The largest absolute Gasteiger partial charge is 0.380 e. The molecular weight excluding hydrogens is 345 g/mol. The standard InChI is InChI=1S/C15H12BrCl2N/c16-12-8-9-13(15(18)14(12)17)19-10-4-7-11-5-2-1-3-6-11/h1-9,19H,10H2/b7-4+. The quantitative estimate of drug-likeness (QED) is 0.674. The van der Waals surface area contributed by atoms with E-state index in [4.69, 9.17) is 23.2 Å². The van der Waals surface area contributed by atoms with Gasteiger partial charge in [-0.25, -0.2) is 0 Å². The third-order valence-electron chi connectivity index (χ3n) is 2.56. The predicted molar refractivity (Wildman–Crippen MR) is 88.1 cm³/mol. The summed E-state index contributed by atoms with van der Waals surface area (Å²) in [6.45, 7) is 0.687. The van der Waals surface area contributed by atoms with Gasteiger partial charge in [-0.1, -0.05) is 65.7 Å². The van der Waals surface area contributed by atoms with Crippen LogP contribution >= 0.6 is 39.1 Å². The number of benzene rings is 2. The lowest BCUT2D eigenvalue weighted by molar-refractivity contribution is 1.34. The van der Waals surface area contributed by atoms with Crippen LogP contribution in [0.2, 0.25) is 10.0 Å². The molecule has 98 valence electrons. The molecule has 0 spiro atoms. The second kappa shape index (κ2) is 6.99. The molecule has 1 N–H and O–H groups in total. The third-order valence-corrected chi connectivity index (χ3v) is 4.33. The van der Waals surface area contributed by atoms with Crippen molar-refractivity contribution in [3.8, 4) is 0 Å². The fraction of sp³-hybridized carbons (Fsp3) is 0.0667. The van der Waals surface area contributed by atoms with Crippen LogP contribution in [0.15, 0.2) is 53.0 Å². The maximum atomic E-state index is 6.15. The Bertz CT molecular complexity index is 582. The van der Waals surface area contributed by atoms with Gasteiger partial charge in [0.25, 0.3) is 0 Å². The van der Waals surface area contributed by atoms with Gasteiger partial charge in [0, 0.05) is 11.0 Å². The van der Waals surface area contributed by atoms with E-state index in [1.807, 2.05) is 36.4 Å². The first kappa shape index (κ1) is 14.4. The minimum Gasteiger partial charge on any atom is -0.380 e. The lowest BCUT2D eigenvalue weighted by Crippen LogP contribution is -1.98. The summed E-state index contributed by atoms with van der Waals surface area (Å²) in [4.78, 5) is 0. The molecule has 0 aliphatic carbocycles. The second-order valence-corrected chi connectivity index (χ2v) is 5.53. The molecule has 0 atom stereocenters. The molecule has 0 aromatic heterocycles. The summed E-state index contributed by atoms with van der Waals surface area (Å²) in [7, 11) is 0. The maximum absolute atomic E-state index is 6.15. The predicted octanol–water partition coefficient (Wildman–Crippen LogP) is 5.88. The highest BCUT2D eigenvalue weighted by Gasteiger charge is 2.06. The molecule has 0 bridgehead atoms. The monoisotopic (exact) mass is 355 g/mol. The molecule has 1 nitrogen and oxygen atoms in total. The van der Waals surface area contributed by atoms with Crippen LogP contribution in [0.4, 0.5) is 5.69 Å². The van der Waals surface area contributed by atoms with Gasteiger partial charge in [-0.05, 0) is 33.6 Å². The first-order chi connectivity index (χ1) is 9.18. The highest BCUT2D eigenvalue weighted by atomic mass is 79.9. The average molecular weight is 357 g/mol. The van der Waals surface area contributed by atoms with Crippen molar-refractivity contribution in [2.75, 3.05) is 11.9 Å². The second-order valence-electron chi connectivity index (χ2n) is 3.92. The van der Waals surface area contributed by atoms with Crippen LogP contribution in [0, 0.1) is 0 Å². The Kier molecular flexibility index (Phi) is 5.32. The first-order valence-electron chi connectivity index (χ1n) is 5.77. The molecule has 0 amide bonds. The molecule has 2 rings (SSSR count). The highest BCUT2D eigenvalue weighted by Crippen LogP contribution is 2.35. The minimum absolute atomic E-state index is 0.527. The summed E-state index contributed by atoms with van der Waals surface area (Å²) in [6.07, 6.45) is 4.10. The van der Waals surface area contributed by atoms with Crippen molar-refractivity contribution < 1.29 is 0 Å². The Hall–Kier alpha value is -0.960. The average Bonchev–Trinajstić information content (AvgIpc) is 2.44. The summed E-state index contributed by atoms with van der Waals surface area (Å²) in [5.74, 6) is 0. The number of hydrogen-bond acceptors (Lipinski definition) is 1. The Morgan fingerprint density at radius 2 is 1.74 bits per heavy atom. The van der Waals surface area contributed by atoms with Crippen molar-refractivity contribution in [2.45, 2.75) is 0 Å². The van der Waals surface area contributed by atoms with E-state index in [0.717, 1.165) is 10.2 Å². The van der Waals surface area contributed by atoms with Gasteiger partial charge >= 0.3 is 0 Å². The molecule has 0 fully saturated rings. The van der Waals surface area contributed by atoms with Crippen LogP contribution in [0.1, 0.15) is 5.56 Å². The van der Waals surface area contributed by atoms with Crippen molar-refractivity contribution in [1.82, 2.24) is 0 Å². The molecule has 0 heterocycles. The van der Waals surface area contributed by atoms with Crippen molar-refractivity contribution in [1.29, 1.82) is 0 Å². The molecule has 0 aliphatic rings. The van der Waals surface area contributed by atoms with Gasteiger partial charge in [0.2, 0.25) is 0 Å². The van der Waals surface area contributed by atoms with Crippen molar-refractivity contribution in [3.05, 3.63) is 68.6 Å². The lowest BCUT2D eigenvalue weighted by atomic mass is 10.2. The Labute approximate surface area is 131 Å². The van der Waals surface area contributed by atoms with Crippen LogP contribution < -0.4 is 5.32 Å². The van der Waals surface area contributed by atoms with Crippen LogP contribution in [-0.4, -0.2) is 6.54 Å². The molecule has 0 radical (unpaired) electrons. The lowest BCUT2D eigenvalue weighted by Gasteiger charge is -2.08. The van der Waals surface area contributed by atoms with E-state index >= 15 is 0 Å². The number of nitrogens with one attached hydrogen (secondary N) is 1. The van der Waals surface area contributed by atoms with Crippen LogP contribution in [-0.2, 0) is 0 Å². The highest BCUT2D eigenvalue weighted by molar-refractivity contribution is 9.10. The van der Waals surface area contributed by atoms with Crippen molar-refractivity contribution in [3.63, 3.8) is 0 Å². The van der Waals surface area contributed by atoms with E-state index in [2.05, 4.69) is 39.5 Å². The molecule has 0 saturated heterocycles. The number of anilines is 1. The molecule has 0 saturated carbocycles.